The SMILES string of the molecule is Cc1ncsc1CN(C)C(=O)c1cccc(N)c1[N+](=O)[O-]. The van der Waals surface area contributed by atoms with E-state index in [9.17, 15) is 14.9 Å². The molecule has 1 heterocycles. The number of carbonyl (C=O) groups excluding carboxylic acids is 1. The Balaban J connectivity index is 2.30. The van der Waals surface area contributed by atoms with Crippen molar-refractivity contribution in [3.63, 3.8) is 0 Å². The minimum absolute atomic E-state index is 0.00957. The third-order valence-electron chi connectivity index (χ3n) is 3.05. The Hall–Kier alpha value is -2.48. The normalized spacial score (nSPS) is 10.4. The average Bonchev–Trinajstić information content (AvgIpc) is 2.82. The zero-order valence-corrected chi connectivity index (χ0v) is 12.4. The van der Waals surface area contributed by atoms with Gasteiger partial charge >= 0.3 is 5.69 Å². The molecule has 0 unspecified atom stereocenters. The summed E-state index contributed by atoms with van der Waals surface area (Å²) in [5.41, 5.74) is 7.77. The maximum Gasteiger partial charge on any atom is 0.304 e. The van der Waals surface area contributed by atoms with Gasteiger partial charge in [0.25, 0.3) is 5.91 Å². The van der Waals surface area contributed by atoms with Crippen molar-refractivity contribution >= 4 is 28.6 Å². The molecule has 0 saturated carbocycles. The fourth-order valence-corrected chi connectivity index (χ4v) is 2.74. The first kappa shape index (κ1) is 14.9. The Labute approximate surface area is 125 Å². The van der Waals surface area contributed by atoms with Crippen LogP contribution in [0.1, 0.15) is 20.9 Å². The molecule has 2 N–H and O–H groups in total. The fourth-order valence-electron chi connectivity index (χ4n) is 1.91. The highest BCUT2D eigenvalue weighted by molar-refractivity contribution is 7.09. The van der Waals surface area contributed by atoms with Crippen LogP contribution >= 0.6 is 11.3 Å². The molecule has 2 rings (SSSR count). The van der Waals surface area contributed by atoms with Gasteiger partial charge < -0.3 is 10.6 Å². The number of nitro groups is 1. The molecule has 0 aliphatic rings. The van der Waals surface area contributed by atoms with E-state index in [0.29, 0.717) is 6.54 Å². The number of carbonyl (C=O) groups is 1. The van der Waals surface area contributed by atoms with Crippen molar-refractivity contribution in [2.45, 2.75) is 13.5 Å². The molecule has 0 aliphatic heterocycles. The van der Waals surface area contributed by atoms with E-state index < -0.39 is 10.8 Å². The lowest BCUT2D eigenvalue weighted by Crippen LogP contribution is -2.27. The van der Waals surface area contributed by atoms with E-state index in [2.05, 4.69) is 4.98 Å². The molecule has 0 fully saturated rings. The van der Waals surface area contributed by atoms with Crippen LogP contribution < -0.4 is 5.73 Å². The zero-order valence-electron chi connectivity index (χ0n) is 11.6. The van der Waals surface area contributed by atoms with Crippen LogP contribution in [0.5, 0.6) is 0 Å². The van der Waals surface area contributed by atoms with Crippen molar-refractivity contribution in [3.8, 4) is 0 Å². The molecule has 0 atom stereocenters. The second kappa shape index (κ2) is 5.88. The van der Waals surface area contributed by atoms with Gasteiger partial charge in [0.1, 0.15) is 11.3 Å². The van der Waals surface area contributed by atoms with Gasteiger partial charge in [-0.05, 0) is 19.1 Å². The van der Waals surface area contributed by atoms with Gasteiger partial charge in [0.2, 0.25) is 0 Å². The van der Waals surface area contributed by atoms with Gasteiger partial charge in [0.05, 0.1) is 22.7 Å². The van der Waals surface area contributed by atoms with Crippen LogP contribution in [0.15, 0.2) is 23.7 Å². The number of nitro benzene ring substituents is 1. The van der Waals surface area contributed by atoms with Crippen LogP contribution in [-0.2, 0) is 6.54 Å². The predicted molar refractivity (Wildman–Crippen MR) is 80.2 cm³/mol. The molecule has 0 bridgehead atoms. The number of nitrogens with zero attached hydrogens (tertiary/aromatic N) is 3. The van der Waals surface area contributed by atoms with E-state index in [1.165, 1.54) is 34.4 Å². The van der Waals surface area contributed by atoms with Gasteiger partial charge in [-0.25, -0.2) is 4.98 Å². The van der Waals surface area contributed by atoms with E-state index in [1.807, 2.05) is 6.92 Å². The highest BCUT2D eigenvalue weighted by atomic mass is 32.1. The highest BCUT2D eigenvalue weighted by Gasteiger charge is 2.25. The third kappa shape index (κ3) is 3.00. The summed E-state index contributed by atoms with van der Waals surface area (Å²) < 4.78 is 0. The molecule has 7 nitrogen and oxygen atoms in total. The number of benzene rings is 1. The largest absolute Gasteiger partial charge is 0.393 e. The summed E-state index contributed by atoms with van der Waals surface area (Å²) in [5, 5.41) is 11.1. The number of nitrogens with two attached hydrogens (primary N) is 1. The number of nitrogen functional groups attached to an aromatic ring is 1. The Kier molecular flexibility index (Phi) is 4.18. The Morgan fingerprint density at radius 3 is 2.81 bits per heavy atom. The number of hydrogen-bond acceptors (Lipinski definition) is 6. The molecule has 0 aliphatic carbocycles. The first-order chi connectivity index (χ1) is 9.91. The van der Waals surface area contributed by atoms with E-state index in [1.54, 1.807) is 12.6 Å². The Morgan fingerprint density at radius 1 is 1.52 bits per heavy atom. The standard InChI is InChI=1S/C13H14N4O3S/c1-8-11(21-7-15-8)6-16(2)13(18)9-4-3-5-10(14)12(9)17(19)20/h3-5,7H,6,14H2,1-2H3. The number of aryl methyl sites for hydroxylation is 1. The summed E-state index contributed by atoms with van der Waals surface area (Å²) in [6, 6.07) is 4.34. The van der Waals surface area contributed by atoms with Crippen molar-refractivity contribution in [3.05, 3.63) is 50.0 Å². The van der Waals surface area contributed by atoms with Gasteiger partial charge in [-0.3, -0.25) is 14.9 Å². The lowest BCUT2D eigenvalue weighted by atomic mass is 10.1. The molecular formula is C13H14N4O3S. The number of hydrogen-bond donors (Lipinski definition) is 1. The van der Waals surface area contributed by atoms with Crippen molar-refractivity contribution in [1.82, 2.24) is 9.88 Å². The van der Waals surface area contributed by atoms with Crippen LogP contribution in [0.3, 0.4) is 0 Å². The topological polar surface area (TPSA) is 102 Å². The molecular weight excluding hydrogens is 292 g/mol. The number of rotatable bonds is 4. The minimum atomic E-state index is -0.631. The maximum atomic E-state index is 12.4. The maximum absolute atomic E-state index is 12.4. The zero-order chi connectivity index (χ0) is 15.6. The summed E-state index contributed by atoms with van der Waals surface area (Å²) in [6.07, 6.45) is 0. The predicted octanol–water partition coefficient (Wildman–Crippen LogP) is 2.21. The van der Waals surface area contributed by atoms with Crippen LogP contribution in [0.25, 0.3) is 0 Å². The Morgan fingerprint density at radius 2 is 2.24 bits per heavy atom. The van der Waals surface area contributed by atoms with Gasteiger partial charge in [-0.1, -0.05) is 6.07 Å². The van der Waals surface area contributed by atoms with Crippen LogP contribution in [0.4, 0.5) is 11.4 Å². The lowest BCUT2D eigenvalue weighted by Gasteiger charge is -2.17. The third-order valence-corrected chi connectivity index (χ3v) is 3.97. The van der Waals surface area contributed by atoms with Gasteiger partial charge in [-0.15, -0.1) is 11.3 Å². The number of thiazole rings is 1. The minimum Gasteiger partial charge on any atom is -0.393 e. The second-order valence-electron chi connectivity index (χ2n) is 4.52. The van der Waals surface area contributed by atoms with Gasteiger partial charge in [0, 0.05) is 11.9 Å². The fraction of sp³-hybridized carbons (Fsp3) is 0.231. The Bertz CT molecular complexity index is 698. The second-order valence-corrected chi connectivity index (χ2v) is 5.46. The van der Waals surface area contributed by atoms with E-state index in [0.717, 1.165) is 10.6 Å². The molecule has 1 aromatic carbocycles. The van der Waals surface area contributed by atoms with E-state index in [-0.39, 0.29) is 16.9 Å². The number of aromatic nitrogens is 1. The number of para-hydroxylation sites is 1. The van der Waals surface area contributed by atoms with Crippen LogP contribution in [-0.4, -0.2) is 27.8 Å². The summed E-state index contributed by atoms with van der Waals surface area (Å²) in [6.45, 7) is 2.20. The first-order valence-electron chi connectivity index (χ1n) is 6.09. The van der Waals surface area contributed by atoms with Gasteiger partial charge in [0.15, 0.2) is 0 Å². The van der Waals surface area contributed by atoms with Crippen molar-refractivity contribution in [2.24, 2.45) is 0 Å². The highest BCUT2D eigenvalue weighted by Crippen LogP contribution is 2.27. The molecule has 110 valence electrons. The molecule has 1 aromatic heterocycles. The van der Waals surface area contributed by atoms with E-state index in [4.69, 9.17) is 5.73 Å². The average molecular weight is 306 g/mol. The monoisotopic (exact) mass is 306 g/mol. The van der Waals surface area contributed by atoms with Crippen LogP contribution in [0, 0.1) is 17.0 Å². The first-order valence-corrected chi connectivity index (χ1v) is 6.97. The number of amides is 1. The smallest absolute Gasteiger partial charge is 0.304 e. The van der Waals surface area contributed by atoms with Crippen molar-refractivity contribution < 1.29 is 9.72 Å². The summed E-state index contributed by atoms with van der Waals surface area (Å²) in [5.74, 6) is -0.443. The molecule has 1 amide bonds. The molecule has 0 radical (unpaired) electrons. The van der Waals surface area contributed by atoms with Gasteiger partial charge in [-0.2, -0.15) is 0 Å². The number of anilines is 1. The summed E-state index contributed by atoms with van der Waals surface area (Å²) in [7, 11) is 1.59. The van der Waals surface area contributed by atoms with Crippen molar-refractivity contribution in [2.75, 3.05) is 12.8 Å². The summed E-state index contributed by atoms with van der Waals surface area (Å²) in [4.78, 5) is 29.3. The quantitative estimate of drug-likeness (QED) is 0.530. The molecule has 8 heteroatoms. The molecule has 21 heavy (non-hydrogen) atoms. The van der Waals surface area contributed by atoms with Crippen molar-refractivity contribution in [1.29, 1.82) is 0 Å². The lowest BCUT2D eigenvalue weighted by molar-refractivity contribution is -0.384. The summed E-state index contributed by atoms with van der Waals surface area (Å²) >= 11 is 1.44. The molecule has 2 aromatic rings. The molecule has 0 saturated heterocycles. The van der Waals surface area contributed by atoms with E-state index >= 15 is 0 Å². The van der Waals surface area contributed by atoms with Crippen LogP contribution in [0.2, 0.25) is 0 Å². The molecule has 0 spiro atoms.